The molecule has 17 heavy (non-hydrogen) atoms. The van der Waals surface area contributed by atoms with E-state index in [4.69, 9.17) is 0 Å². The third-order valence-electron chi connectivity index (χ3n) is 3.14. The van der Waals surface area contributed by atoms with Gasteiger partial charge >= 0.3 is 0 Å². The number of hydrogen-bond donors (Lipinski definition) is 1. The lowest BCUT2D eigenvalue weighted by Crippen LogP contribution is -2.32. The molecule has 0 radical (unpaired) electrons. The molecular formula is C14H25N3. The number of aromatic nitrogens is 2. The Balaban J connectivity index is 2.82. The van der Waals surface area contributed by atoms with Crippen LogP contribution in [0.15, 0.2) is 18.7 Å². The highest BCUT2D eigenvalue weighted by atomic mass is 15.3. The Morgan fingerprint density at radius 3 is 2.76 bits per heavy atom. The third kappa shape index (κ3) is 3.70. The van der Waals surface area contributed by atoms with E-state index in [0.29, 0.717) is 0 Å². The van der Waals surface area contributed by atoms with E-state index in [1.807, 2.05) is 6.92 Å². The second-order valence-corrected chi connectivity index (χ2v) is 4.91. The van der Waals surface area contributed by atoms with Gasteiger partial charge in [-0.25, -0.2) is 0 Å². The normalized spacial score (nSPS) is 14.6. The molecule has 1 heterocycles. The van der Waals surface area contributed by atoms with Crippen molar-refractivity contribution >= 4 is 0 Å². The number of hydrogen-bond acceptors (Lipinski definition) is 2. The van der Waals surface area contributed by atoms with E-state index in [1.54, 1.807) is 0 Å². The zero-order valence-corrected chi connectivity index (χ0v) is 11.6. The van der Waals surface area contributed by atoms with Crippen LogP contribution in [0.25, 0.3) is 0 Å². The summed E-state index contributed by atoms with van der Waals surface area (Å²) in [5.74, 6) is 0. The quantitative estimate of drug-likeness (QED) is 0.736. The maximum atomic E-state index is 4.49. The summed E-state index contributed by atoms with van der Waals surface area (Å²) in [6.45, 7) is 15.4. The molecule has 1 atom stereocenters. The van der Waals surface area contributed by atoms with Gasteiger partial charge in [0.15, 0.2) is 0 Å². The molecule has 1 aromatic heterocycles. The Hall–Kier alpha value is -1.09. The van der Waals surface area contributed by atoms with Crippen LogP contribution in [-0.2, 0) is 13.0 Å². The number of nitrogens with one attached hydrogen (secondary N) is 1. The number of nitrogens with zero attached hydrogens (tertiary/aromatic N) is 2. The summed E-state index contributed by atoms with van der Waals surface area (Å²) in [6.07, 6.45) is 3.04. The first kappa shape index (κ1) is 14.0. The van der Waals surface area contributed by atoms with Crippen LogP contribution in [0.3, 0.4) is 0 Å². The van der Waals surface area contributed by atoms with Gasteiger partial charge in [-0.15, -0.1) is 6.58 Å². The van der Waals surface area contributed by atoms with Crippen LogP contribution in [0.1, 0.15) is 32.2 Å². The average Bonchev–Trinajstić information content (AvgIpc) is 2.66. The minimum absolute atomic E-state index is 0.0927. The summed E-state index contributed by atoms with van der Waals surface area (Å²) >= 11 is 0. The van der Waals surface area contributed by atoms with Gasteiger partial charge in [0.05, 0.1) is 5.69 Å². The van der Waals surface area contributed by atoms with Gasteiger partial charge in [-0.2, -0.15) is 5.10 Å². The molecule has 1 N–H and O–H groups in total. The minimum atomic E-state index is 0.0927. The van der Waals surface area contributed by atoms with Crippen LogP contribution in [0, 0.1) is 12.3 Å². The van der Waals surface area contributed by atoms with Crippen molar-refractivity contribution in [2.24, 2.45) is 5.41 Å². The molecule has 1 aromatic rings. The van der Waals surface area contributed by atoms with Crippen LogP contribution < -0.4 is 5.32 Å². The lowest BCUT2D eigenvalue weighted by Gasteiger charge is -2.26. The lowest BCUT2D eigenvalue weighted by atomic mass is 9.85. The molecule has 1 rings (SSSR count). The molecule has 0 aliphatic heterocycles. The molecule has 0 spiro atoms. The predicted octanol–water partition coefficient (Wildman–Crippen LogP) is 2.56. The summed E-state index contributed by atoms with van der Waals surface area (Å²) in [4.78, 5) is 0. The lowest BCUT2D eigenvalue weighted by molar-refractivity contribution is 0.382. The van der Waals surface area contributed by atoms with E-state index in [-0.39, 0.29) is 5.41 Å². The van der Waals surface area contributed by atoms with Gasteiger partial charge in [0.25, 0.3) is 0 Å². The van der Waals surface area contributed by atoms with Crippen molar-refractivity contribution in [1.29, 1.82) is 0 Å². The first-order valence-corrected chi connectivity index (χ1v) is 6.42. The fourth-order valence-electron chi connectivity index (χ4n) is 2.05. The van der Waals surface area contributed by atoms with Crippen molar-refractivity contribution in [2.45, 2.75) is 40.7 Å². The van der Waals surface area contributed by atoms with Crippen molar-refractivity contribution < 1.29 is 0 Å². The van der Waals surface area contributed by atoms with E-state index in [2.05, 4.69) is 54.6 Å². The van der Waals surface area contributed by atoms with Crippen molar-refractivity contribution in [1.82, 2.24) is 15.1 Å². The van der Waals surface area contributed by atoms with E-state index < -0.39 is 0 Å². The van der Waals surface area contributed by atoms with Gasteiger partial charge < -0.3 is 5.32 Å². The van der Waals surface area contributed by atoms with Crippen LogP contribution in [0.2, 0.25) is 0 Å². The van der Waals surface area contributed by atoms with Crippen LogP contribution >= 0.6 is 0 Å². The molecule has 3 heteroatoms. The van der Waals surface area contributed by atoms with Gasteiger partial charge in [0.2, 0.25) is 0 Å². The van der Waals surface area contributed by atoms with E-state index in [0.717, 1.165) is 31.7 Å². The summed E-state index contributed by atoms with van der Waals surface area (Å²) in [5.41, 5.74) is 2.48. The zero-order valence-electron chi connectivity index (χ0n) is 11.6. The highest BCUT2D eigenvalue weighted by Gasteiger charge is 2.22. The summed E-state index contributed by atoms with van der Waals surface area (Å²) in [5, 5.41) is 7.89. The fourth-order valence-corrected chi connectivity index (χ4v) is 2.05. The largest absolute Gasteiger partial charge is 0.316 e. The molecule has 0 fully saturated rings. The molecular weight excluding hydrogens is 210 g/mol. The van der Waals surface area contributed by atoms with Gasteiger partial charge in [0.1, 0.15) is 0 Å². The summed E-state index contributed by atoms with van der Waals surface area (Å²) < 4.78 is 2.09. The van der Waals surface area contributed by atoms with Crippen molar-refractivity contribution in [3.05, 3.63) is 30.1 Å². The molecule has 0 amide bonds. The van der Waals surface area contributed by atoms with Gasteiger partial charge in [-0.3, -0.25) is 4.68 Å². The maximum absolute atomic E-state index is 4.49. The van der Waals surface area contributed by atoms with Crippen molar-refractivity contribution in [3.8, 4) is 0 Å². The first-order valence-electron chi connectivity index (χ1n) is 6.42. The fraction of sp³-hybridized carbons (Fsp3) is 0.643. The predicted molar refractivity (Wildman–Crippen MR) is 73.2 cm³/mol. The zero-order chi connectivity index (χ0) is 12.9. The molecule has 0 aliphatic rings. The smallest absolute Gasteiger partial charge is 0.0596 e. The standard InChI is InChI=1S/C14H25N3/c1-6-14(5,11-15-7-2)10-13-9-12(4)16-17(13)8-3/h6,9,15H,1,7-8,10-11H2,2-5H3. The number of aryl methyl sites for hydroxylation is 2. The minimum Gasteiger partial charge on any atom is -0.316 e. The monoisotopic (exact) mass is 235 g/mol. The van der Waals surface area contributed by atoms with Crippen LogP contribution in [0.4, 0.5) is 0 Å². The molecule has 0 aromatic carbocycles. The van der Waals surface area contributed by atoms with Crippen molar-refractivity contribution in [3.63, 3.8) is 0 Å². The summed E-state index contributed by atoms with van der Waals surface area (Å²) in [7, 11) is 0. The SMILES string of the molecule is C=CC(C)(CNCC)Cc1cc(C)nn1CC. The van der Waals surface area contributed by atoms with Crippen LogP contribution in [0.5, 0.6) is 0 Å². The molecule has 96 valence electrons. The van der Waals surface area contributed by atoms with Crippen LogP contribution in [-0.4, -0.2) is 22.9 Å². The van der Waals surface area contributed by atoms with Gasteiger partial charge in [0, 0.05) is 24.2 Å². The maximum Gasteiger partial charge on any atom is 0.0596 e. The van der Waals surface area contributed by atoms with E-state index in [1.165, 1.54) is 5.69 Å². The topological polar surface area (TPSA) is 29.9 Å². The molecule has 0 saturated carbocycles. The Bertz CT molecular complexity index is 368. The Morgan fingerprint density at radius 2 is 2.24 bits per heavy atom. The second kappa shape index (κ2) is 6.01. The first-order chi connectivity index (χ1) is 8.04. The Morgan fingerprint density at radius 1 is 1.53 bits per heavy atom. The van der Waals surface area contributed by atoms with E-state index in [9.17, 15) is 0 Å². The van der Waals surface area contributed by atoms with E-state index >= 15 is 0 Å². The Labute approximate surface area is 105 Å². The molecule has 0 aliphatic carbocycles. The second-order valence-electron chi connectivity index (χ2n) is 4.91. The molecule has 1 unspecified atom stereocenters. The molecule has 0 bridgehead atoms. The highest BCUT2D eigenvalue weighted by molar-refractivity contribution is 5.13. The molecule has 0 saturated heterocycles. The summed E-state index contributed by atoms with van der Waals surface area (Å²) in [6, 6.07) is 2.18. The van der Waals surface area contributed by atoms with Gasteiger partial charge in [-0.05, 0) is 32.9 Å². The molecule has 3 nitrogen and oxygen atoms in total. The third-order valence-corrected chi connectivity index (χ3v) is 3.14. The highest BCUT2D eigenvalue weighted by Crippen LogP contribution is 2.23. The number of rotatable bonds is 7. The average molecular weight is 235 g/mol. The Kier molecular flexibility index (Phi) is 4.94. The van der Waals surface area contributed by atoms with Gasteiger partial charge in [-0.1, -0.05) is 19.9 Å². The van der Waals surface area contributed by atoms with Crippen molar-refractivity contribution in [2.75, 3.05) is 13.1 Å².